The van der Waals surface area contributed by atoms with Gasteiger partial charge < -0.3 is 18.9 Å². The predicted octanol–water partition coefficient (Wildman–Crippen LogP) is 1.30. The molecule has 0 aliphatic carbocycles. The highest BCUT2D eigenvalue weighted by molar-refractivity contribution is 4.89. The Bertz CT molecular complexity index is 213. The van der Waals surface area contributed by atoms with Crippen LogP contribution in [-0.4, -0.2) is 33.2 Å². The minimum atomic E-state index is 0.342. The molecule has 0 fully saturated rings. The molecule has 2 aliphatic heterocycles. The van der Waals surface area contributed by atoms with Crippen LogP contribution in [0.5, 0.6) is 0 Å². The van der Waals surface area contributed by atoms with Gasteiger partial charge in [0.25, 0.3) is 0 Å². The van der Waals surface area contributed by atoms with Crippen molar-refractivity contribution in [3.05, 3.63) is 24.7 Å². The molecule has 2 unspecified atom stereocenters. The Morgan fingerprint density at radius 3 is 1.87 bits per heavy atom. The lowest BCUT2D eigenvalue weighted by Crippen LogP contribution is -2.14. The van der Waals surface area contributed by atoms with Crippen LogP contribution in [0.1, 0.15) is 0 Å². The zero-order chi connectivity index (χ0) is 10.3. The molecule has 0 saturated carbocycles. The first-order valence-corrected chi connectivity index (χ1v) is 5.17. The summed E-state index contributed by atoms with van der Waals surface area (Å²) < 4.78 is 20.9. The fourth-order valence-corrected chi connectivity index (χ4v) is 1.47. The molecular weight excluding hydrogens is 196 g/mol. The van der Waals surface area contributed by atoms with E-state index in [9.17, 15) is 0 Å². The third-order valence-corrected chi connectivity index (χ3v) is 2.35. The van der Waals surface area contributed by atoms with Gasteiger partial charge >= 0.3 is 0 Å². The van der Waals surface area contributed by atoms with E-state index in [0.29, 0.717) is 31.8 Å². The maximum absolute atomic E-state index is 5.36. The van der Waals surface area contributed by atoms with E-state index in [4.69, 9.17) is 18.9 Å². The highest BCUT2D eigenvalue weighted by Gasteiger charge is 2.11. The van der Waals surface area contributed by atoms with Gasteiger partial charge in [0.2, 0.25) is 0 Å². The van der Waals surface area contributed by atoms with Crippen molar-refractivity contribution in [3.63, 3.8) is 0 Å². The minimum Gasteiger partial charge on any atom is -0.501 e. The lowest BCUT2D eigenvalue weighted by Gasteiger charge is -2.10. The average Bonchev–Trinajstić information content (AvgIpc) is 2.88. The third-order valence-electron chi connectivity index (χ3n) is 2.35. The minimum absolute atomic E-state index is 0.342. The summed E-state index contributed by atoms with van der Waals surface area (Å²) in [5.41, 5.74) is 0. The first kappa shape index (κ1) is 10.5. The number of ether oxygens (including phenoxy) is 4. The molecule has 0 spiro atoms. The summed E-state index contributed by atoms with van der Waals surface area (Å²) in [5, 5.41) is 0. The quantitative estimate of drug-likeness (QED) is 0.491. The van der Waals surface area contributed by atoms with Crippen molar-refractivity contribution in [1.82, 2.24) is 0 Å². The molecule has 0 radical (unpaired) electrons. The van der Waals surface area contributed by atoms with Crippen molar-refractivity contribution in [2.24, 2.45) is 11.8 Å². The highest BCUT2D eigenvalue weighted by Crippen LogP contribution is 2.10. The zero-order valence-corrected chi connectivity index (χ0v) is 8.63. The van der Waals surface area contributed by atoms with Crippen LogP contribution < -0.4 is 0 Å². The van der Waals surface area contributed by atoms with E-state index in [1.165, 1.54) is 0 Å². The van der Waals surface area contributed by atoms with Crippen LogP contribution in [-0.2, 0) is 18.9 Å². The topological polar surface area (TPSA) is 36.9 Å². The lowest BCUT2D eigenvalue weighted by atomic mass is 10.2. The molecule has 0 aromatic rings. The van der Waals surface area contributed by atoms with Gasteiger partial charge in [-0.25, -0.2) is 0 Å². The van der Waals surface area contributed by atoms with Gasteiger partial charge in [0.1, 0.15) is 6.79 Å². The van der Waals surface area contributed by atoms with Gasteiger partial charge in [0.15, 0.2) is 0 Å². The molecule has 2 heterocycles. The van der Waals surface area contributed by atoms with E-state index in [0.717, 1.165) is 13.2 Å². The van der Waals surface area contributed by atoms with Crippen LogP contribution in [0.15, 0.2) is 24.7 Å². The van der Waals surface area contributed by atoms with Crippen LogP contribution in [0.4, 0.5) is 0 Å². The zero-order valence-electron chi connectivity index (χ0n) is 8.63. The summed E-state index contributed by atoms with van der Waals surface area (Å²) in [7, 11) is 0. The first-order chi connectivity index (χ1) is 7.45. The molecule has 84 valence electrons. The monoisotopic (exact) mass is 212 g/mol. The molecule has 2 rings (SSSR count). The van der Waals surface area contributed by atoms with Crippen molar-refractivity contribution in [3.8, 4) is 0 Å². The summed E-state index contributed by atoms with van der Waals surface area (Å²) in [6, 6.07) is 0. The molecule has 0 aromatic heterocycles. The summed E-state index contributed by atoms with van der Waals surface area (Å²) in [6.07, 6.45) is 7.45. The molecular formula is C11H16O4. The molecule has 0 aromatic carbocycles. The van der Waals surface area contributed by atoms with Crippen LogP contribution in [0, 0.1) is 11.8 Å². The molecule has 15 heavy (non-hydrogen) atoms. The van der Waals surface area contributed by atoms with Gasteiger partial charge in [0, 0.05) is 11.8 Å². The Balaban J connectivity index is 1.44. The van der Waals surface area contributed by atoms with E-state index in [1.807, 2.05) is 12.2 Å². The number of rotatable bonds is 6. The summed E-state index contributed by atoms with van der Waals surface area (Å²) in [4.78, 5) is 0. The molecule has 2 aliphatic rings. The Kier molecular flexibility index (Phi) is 4.05. The third kappa shape index (κ3) is 3.57. The van der Waals surface area contributed by atoms with Crippen LogP contribution in [0.3, 0.4) is 0 Å². The van der Waals surface area contributed by atoms with Crippen molar-refractivity contribution in [1.29, 1.82) is 0 Å². The molecule has 0 amide bonds. The normalized spacial score (nSPS) is 28.0. The molecule has 0 N–H and O–H groups in total. The van der Waals surface area contributed by atoms with Gasteiger partial charge in [0.05, 0.1) is 39.0 Å². The SMILES string of the molecule is C1=CC(COCOCC2C=COC2)CO1. The Labute approximate surface area is 89.5 Å². The predicted molar refractivity (Wildman–Crippen MR) is 53.9 cm³/mol. The second kappa shape index (κ2) is 5.78. The van der Waals surface area contributed by atoms with Crippen LogP contribution in [0.2, 0.25) is 0 Å². The Morgan fingerprint density at radius 1 is 0.933 bits per heavy atom. The molecule has 4 nitrogen and oxygen atoms in total. The fourth-order valence-electron chi connectivity index (χ4n) is 1.47. The van der Waals surface area contributed by atoms with Crippen molar-refractivity contribution < 1.29 is 18.9 Å². The summed E-state index contributed by atoms with van der Waals surface area (Å²) in [5.74, 6) is 0.756. The van der Waals surface area contributed by atoms with Gasteiger partial charge in [-0.05, 0) is 12.2 Å². The molecule has 2 atom stereocenters. The van der Waals surface area contributed by atoms with Crippen LogP contribution in [0.25, 0.3) is 0 Å². The molecule has 0 bridgehead atoms. The van der Waals surface area contributed by atoms with Crippen LogP contribution >= 0.6 is 0 Å². The largest absolute Gasteiger partial charge is 0.501 e. The first-order valence-electron chi connectivity index (χ1n) is 5.17. The summed E-state index contributed by atoms with van der Waals surface area (Å²) in [6.45, 7) is 3.11. The Hall–Kier alpha value is -1.00. The summed E-state index contributed by atoms with van der Waals surface area (Å²) >= 11 is 0. The van der Waals surface area contributed by atoms with Crippen molar-refractivity contribution in [2.75, 3.05) is 33.2 Å². The van der Waals surface area contributed by atoms with Gasteiger partial charge in [-0.2, -0.15) is 0 Å². The van der Waals surface area contributed by atoms with E-state index in [-0.39, 0.29) is 0 Å². The fraction of sp³-hybridized carbons (Fsp3) is 0.636. The second-order valence-corrected chi connectivity index (χ2v) is 3.70. The van der Waals surface area contributed by atoms with E-state index in [1.54, 1.807) is 12.5 Å². The maximum atomic E-state index is 5.36. The smallest absolute Gasteiger partial charge is 0.146 e. The van der Waals surface area contributed by atoms with Crippen molar-refractivity contribution >= 4 is 0 Å². The standard InChI is InChI=1S/C11H16O4/c1-3-12-5-10(1)7-14-9-15-8-11-2-4-13-6-11/h1-4,10-11H,5-9H2. The molecule has 4 heteroatoms. The van der Waals surface area contributed by atoms with Gasteiger partial charge in [-0.15, -0.1) is 0 Å². The second-order valence-electron chi connectivity index (χ2n) is 3.70. The van der Waals surface area contributed by atoms with E-state index in [2.05, 4.69) is 0 Å². The lowest BCUT2D eigenvalue weighted by molar-refractivity contribution is -0.0703. The number of hydrogen-bond donors (Lipinski definition) is 0. The van der Waals surface area contributed by atoms with Crippen molar-refractivity contribution in [2.45, 2.75) is 0 Å². The maximum Gasteiger partial charge on any atom is 0.146 e. The van der Waals surface area contributed by atoms with E-state index >= 15 is 0 Å². The number of hydrogen-bond acceptors (Lipinski definition) is 4. The Morgan fingerprint density at radius 2 is 1.47 bits per heavy atom. The average molecular weight is 212 g/mol. The highest BCUT2D eigenvalue weighted by atomic mass is 16.7. The van der Waals surface area contributed by atoms with E-state index < -0.39 is 0 Å². The molecule has 0 saturated heterocycles. The van der Waals surface area contributed by atoms with Gasteiger partial charge in [-0.3, -0.25) is 0 Å². The van der Waals surface area contributed by atoms with Gasteiger partial charge in [-0.1, -0.05) is 0 Å².